The molecule has 0 aliphatic heterocycles. The number of carboxylic acids is 1. The van der Waals surface area contributed by atoms with Crippen LogP contribution < -0.4 is 0 Å². The predicted molar refractivity (Wildman–Crippen MR) is 60.7 cm³/mol. The molecule has 0 unspecified atom stereocenters. The van der Waals surface area contributed by atoms with Gasteiger partial charge in [0, 0.05) is 22.7 Å². The Bertz CT molecular complexity index is 745. The van der Waals surface area contributed by atoms with Crippen LogP contribution in [-0.2, 0) is 0 Å². The number of rotatable bonds is 2. The highest BCUT2D eigenvalue weighted by atomic mass is 19.1. The zero-order valence-corrected chi connectivity index (χ0v) is 8.98. The van der Waals surface area contributed by atoms with Gasteiger partial charge in [0.2, 0.25) is 0 Å². The highest BCUT2D eigenvalue weighted by Crippen LogP contribution is 2.30. The van der Waals surface area contributed by atoms with Crippen LogP contribution in [-0.4, -0.2) is 21.0 Å². The van der Waals surface area contributed by atoms with E-state index in [0.717, 1.165) is 0 Å². The molecule has 0 spiro atoms. The largest absolute Gasteiger partial charge is 0.474 e. The normalized spacial score (nSPS) is 10.9. The van der Waals surface area contributed by atoms with E-state index in [1.54, 1.807) is 18.3 Å². The summed E-state index contributed by atoms with van der Waals surface area (Å²) >= 11 is 0. The first-order valence-electron chi connectivity index (χ1n) is 5.12. The lowest BCUT2D eigenvalue weighted by Crippen LogP contribution is -1.94. The van der Waals surface area contributed by atoms with Gasteiger partial charge < -0.3 is 14.5 Å². The third kappa shape index (κ3) is 1.46. The van der Waals surface area contributed by atoms with E-state index in [4.69, 9.17) is 9.52 Å². The highest BCUT2D eigenvalue weighted by Gasteiger charge is 2.16. The van der Waals surface area contributed by atoms with E-state index in [-0.39, 0.29) is 5.76 Å². The summed E-state index contributed by atoms with van der Waals surface area (Å²) < 4.78 is 18.8. The summed E-state index contributed by atoms with van der Waals surface area (Å²) in [6.45, 7) is 0. The molecule has 3 rings (SSSR count). The average Bonchev–Trinajstić information content (AvgIpc) is 2.94. The Kier molecular flexibility index (Phi) is 2.16. The number of hydrogen-bond acceptors (Lipinski definition) is 3. The zero-order valence-electron chi connectivity index (χ0n) is 8.98. The molecule has 6 heteroatoms. The summed E-state index contributed by atoms with van der Waals surface area (Å²) in [5, 5.41) is 9.08. The predicted octanol–water partition coefficient (Wildman–Crippen LogP) is 2.66. The number of halogens is 1. The number of hydrogen-bond donors (Lipinski definition) is 2. The molecule has 3 aromatic rings. The van der Waals surface area contributed by atoms with Crippen molar-refractivity contribution in [1.82, 2.24) is 9.97 Å². The van der Waals surface area contributed by atoms with Crippen molar-refractivity contribution < 1.29 is 18.7 Å². The Hall–Kier alpha value is -2.63. The summed E-state index contributed by atoms with van der Waals surface area (Å²) in [5.74, 6) is -1.88. The van der Waals surface area contributed by atoms with Crippen molar-refractivity contribution in [1.29, 1.82) is 0 Å². The standard InChI is InChI=1S/C12H7FN2O3/c13-7-2-1-3-8-10(7)6(4-14-8)9-5-15-11(18-9)12(16)17/h1-5,14H,(H,16,17). The fourth-order valence-electron chi connectivity index (χ4n) is 1.83. The van der Waals surface area contributed by atoms with Gasteiger partial charge in [-0.2, -0.15) is 0 Å². The van der Waals surface area contributed by atoms with Crippen LogP contribution >= 0.6 is 0 Å². The maximum Gasteiger partial charge on any atom is 0.392 e. The topological polar surface area (TPSA) is 79.1 Å². The van der Waals surface area contributed by atoms with Crippen LogP contribution in [0.3, 0.4) is 0 Å². The van der Waals surface area contributed by atoms with Gasteiger partial charge in [0.05, 0.1) is 6.20 Å². The second-order valence-corrected chi connectivity index (χ2v) is 3.70. The van der Waals surface area contributed by atoms with Crippen LogP contribution in [0, 0.1) is 5.82 Å². The van der Waals surface area contributed by atoms with Gasteiger partial charge in [0.15, 0.2) is 5.76 Å². The number of nitrogens with zero attached hydrogens (tertiary/aromatic N) is 1. The number of aromatic amines is 1. The van der Waals surface area contributed by atoms with Gasteiger partial charge in [0.1, 0.15) is 5.82 Å². The van der Waals surface area contributed by atoms with Crippen LogP contribution in [0.15, 0.2) is 35.0 Å². The fourth-order valence-corrected chi connectivity index (χ4v) is 1.83. The van der Waals surface area contributed by atoms with Gasteiger partial charge in [-0.25, -0.2) is 14.2 Å². The van der Waals surface area contributed by atoms with Crippen LogP contribution in [0.4, 0.5) is 4.39 Å². The van der Waals surface area contributed by atoms with Crippen LogP contribution in [0.5, 0.6) is 0 Å². The second kappa shape index (κ2) is 3.69. The highest BCUT2D eigenvalue weighted by molar-refractivity contribution is 5.95. The number of aromatic nitrogens is 2. The first-order chi connectivity index (χ1) is 8.66. The quantitative estimate of drug-likeness (QED) is 0.728. The van der Waals surface area contributed by atoms with E-state index in [0.29, 0.717) is 16.5 Å². The lowest BCUT2D eigenvalue weighted by atomic mass is 10.1. The van der Waals surface area contributed by atoms with Crippen molar-refractivity contribution >= 4 is 16.9 Å². The van der Waals surface area contributed by atoms with Crippen molar-refractivity contribution in [3.05, 3.63) is 42.3 Å². The van der Waals surface area contributed by atoms with E-state index < -0.39 is 17.7 Å². The molecule has 0 saturated carbocycles. The lowest BCUT2D eigenvalue weighted by molar-refractivity contribution is 0.0654. The molecule has 2 N–H and O–H groups in total. The van der Waals surface area contributed by atoms with Crippen LogP contribution in [0.2, 0.25) is 0 Å². The van der Waals surface area contributed by atoms with Crippen molar-refractivity contribution in [3.63, 3.8) is 0 Å². The molecule has 0 atom stereocenters. The molecule has 2 heterocycles. The molecular formula is C12H7FN2O3. The van der Waals surface area contributed by atoms with E-state index in [9.17, 15) is 9.18 Å². The fraction of sp³-hybridized carbons (Fsp3) is 0. The molecule has 0 saturated heterocycles. The zero-order chi connectivity index (χ0) is 12.7. The number of H-pyrrole nitrogens is 1. The number of oxazole rings is 1. The Labute approximate surface area is 99.9 Å². The van der Waals surface area contributed by atoms with Crippen LogP contribution in [0.25, 0.3) is 22.2 Å². The average molecular weight is 246 g/mol. The summed E-state index contributed by atoms with van der Waals surface area (Å²) in [6, 6.07) is 4.63. The molecule has 2 aromatic heterocycles. The minimum Gasteiger partial charge on any atom is -0.474 e. The van der Waals surface area contributed by atoms with Gasteiger partial charge in [-0.15, -0.1) is 0 Å². The van der Waals surface area contributed by atoms with Gasteiger partial charge >= 0.3 is 11.9 Å². The van der Waals surface area contributed by atoms with Gasteiger partial charge in [-0.3, -0.25) is 0 Å². The van der Waals surface area contributed by atoms with Crippen molar-refractivity contribution in [2.45, 2.75) is 0 Å². The van der Waals surface area contributed by atoms with Crippen LogP contribution in [0.1, 0.15) is 10.7 Å². The van der Waals surface area contributed by atoms with Gasteiger partial charge in [-0.1, -0.05) is 6.07 Å². The number of carboxylic acid groups (broad SMARTS) is 1. The van der Waals surface area contributed by atoms with Gasteiger partial charge in [-0.05, 0) is 12.1 Å². The maximum absolute atomic E-state index is 13.7. The third-order valence-electron chi connectivity index (χ3n) is 2.61. The van der Waals surface area contributed by atoms with E-state index in [1.807, 2.05) is 0 Å². The van der Waals surface area contributed by atoms with E-state index in [1.165, 1.54) is 12.3 Å². The molecule has 90 valence electrons. The summed E-state index contributed by atoms with van der Waals surface area (Å²) in [7, 11) is 0. The molecule has 0 aliphatic carbocycles. The first-order valence-corrected chi connectivity index (χ1v) is 5.12. The van der Waals surface area contributed by atoms with Gasteiger partial charge in [0.25, 0.3) is 0 Å². The number of fused-ring (bicyclic) bond motifs is 1. The SMILES string of the molecule is O=C(O)c1ncc(-c2c[nH]c3cccc(F)c23)o1. The molecule has 0 bridgehead atoms. The minimum absolute atomic E-state index is 0.212. The molecule has 18 heavy (non-hydrogen) atoms. The summed E-state index contributed by atoms with van der Waals surface area (Å²) in [4.78, 5) is 17.2. The molecular weight excluding hydrogens is 239 g/mol. The number of benzene rings is 1. The molecule has 1 aromatic carbocycles. The maximum atomic E-state index is 13.7. The Morgan fingerprint density at radius 1 is 1.44 bits per heavy atom. The molecule has 0 amide bonds. The lowest BCUT2D eigenvalue weighted by Gasteiger charge is -1.95. The molecule has 0 fully saturated rings. The monoisotopic (exact) mass is 246 g/mol. The smallest absolute Gasteiger partial charge is 0.392 e. The second-order valence-electron chi connectivity index (χ2n) is 3.70. The summed E-state index contributed by atoms with van der Waals surface area (Å²) in [5.41, 5.74) is 1.06. The Morgan fingerprint density at radius 2 is 2.28 bits per heavy atom. The number of nitrogens with one attached hydrogen (secondary N) is 1. The first kappa shape index (κ1) is 10.5. The van der Waals surface area contributed by atoms with E-state index in [2.05, 4.69) is 9.97 Å². The molecule has 0 aliphatic rings. The number of carbonyl (C=O) groups is 1. The van der Waals surface area contributed by atoms with Crippen molar-refractivity contribution in [2.24, 2.45) is 0 Å². The van der Waals surface area contributed by atoms with Crippen molar-refractivity contribution in [3.8, 4) is 11.3 Å². The minimum atomic E-state index is -1.26. The Morgan fingerprint density at radius 3 is 3.00 bits per heavy atom. The van der Waals surface area contributed by atoms with Crippen molar-refractivity contribution in [2.75, 3.05) is 0 Å². The number of aromatic carboxylic acids is 1. The van der Waals surface area contributed by atoms with E-state index >= 15 is 0 Å². The Balaban J connectivity index is 2.22. The molecule has 0 radical (unpaired) electrons. The molecule has 5 nitrogen and oxygen atoms in total. The third-order valence-corrected chi connectivity index (χ3v) is 2.61. The summed E-state index contributed by atoms with van der Waals surface area (Å²) in [6.07, 6.45) is 2.82.